The standard InChI is InChI=1S/C13H24O4/c1-4-5-8-17-13(16)11(9-10(2)3)6-7-12(14)15/h10-11H,4-9H2,1-3H3,(H,14,15). The first kappa shape index (κ1) is 15.9. The minimum Gasteiger partial charge on any atom is -0.481 e. The second-order valence-corrected chi connectivity index (χ2v) is 4.78. The van der Waals surface area contributed by atoms with Gasteiger partial charge >= 0.3 is 11.9 Å². The normalized spacial score (nSPS) is 12.5. The van der Waals surface area contributed by atoms with Gasteiger partial charge in [-0.25, -0.2) is 0 Å². The Bertz CT molecular complexity index is 236. The summed E-state index contributed by atoms with van der Waals surface area (Å²) >= 11 is 0. The maximum atomic E-state index is 11.8. The Morgan fingerprint density at radius 2 is 1.94 bits per heavy atom. The third-order valence-electron chi connectivity index (χ3n) is 2.54. The molecule has 0 amide bonds. The fourth-order valence-electron chi connectivity index (χ4n) is 1.63. The van der Waals surface area contributed by atoms with Gasteiger partial charge in [0.15, 0.2) is 0 Å². The van der Waals surface area contributed by atoms with Crippen molar-refractivity contribution in [1.29, 1.82) is 0 Å². The second kappa shape index (κ2) is 9.02. The van der Waals surface area contributed by atoms with E-state index in [0.717, 1.165) is 12.8 Å². The van der Waals surface area contributed by atoms with E-state index in [2.05, 4.69) is 0 Å². The third-order valence-corrected chi connectivity index (χ3v) is 2.54. The van der Waals surface area contributed by atoms with Crippen LogP contribution in [0.1, 0.15) is 52.9 Å². The van der Waals surface area contributed by atoms with Crippen LogP contribution in [0.4, 0.5) is 0 Å². The fraction of sp³-hybridized carbons (Fsp3) is 0.846. The van der Waals surface area contributed by atoms with Crippen molar-refractivity contribution < 1.29 is 19.4 Å². The Hall–Kier alpha value is -1.06. The quantitative estimate of drug-likeness (QED) is 0.500. The van der Waals surface area contributed by atoms with E-state index in [-0.39, 0.29) is 18.3 Å². The molecule has 0 spiro atoms. The Morgan fingerprint density at radius 1 is 1.29 bits per heavy atom. The SMILES string of the molecule is CCCCOC(=O)C(CCC(=O)O)CC(C)C. The van der Waals surface area contributed by atoms with Gasteiger partial charge in [0, 0.05) is 6.42 Å². The molecule has 4 heteroatoms. The van der Waals surface area contributed by atoms with Crippen LogP contribution in [0.25, 0.3) is 0 Å². The number of ether oxygens (including phenoxy) is 1. The monoisotopic (exact) mass is 244 g/mol. The molecule has 0 fully saturated rings. The van der Waals surface area contributed by atoms with Crippen LogP contribution in [-0.2, 0) is 14.3 Å². The minimum atomic E-state index is -0.861. The van der Waals surface area contributed by atoms with Crippen molar-refractivity contribution in [2.24, 2.45) is 11.8 Å². The highest BCUT2D eigenvalue weighted by molar-refractivity contribution is 5.74. The van der Waals surface area contributed by atoms with Crippen molar-refractivity contribution in [3.05, 3.63) is 0 Å². The topological polar surface area (TPSA) is 63.6 Å². The molecule has 0 bridgehead atoms. The minimum absolute atomic E-state index is 0.0280. The van der Waals surface area contributed by atoms with Crippen molar-refractivity contribution in [3.63, 3.8) is 0 Å². The molecule has 0 aromatic carbocycles. The number of esters is 1. The van der Waals surface area contributed by atoms with E-state index in [1.54, 1.807) is 0 Å². The Balaban J connectivity index is 4.14. The Kier molecular flexibility index (Phi) is 8.46. The van der Waals surface area contributed by atoms with Gasteiger partial charge in [0.25, 0.3) is 0 Å². The maximum absolute atomic E-state index is 11.8. The first-order valence-electron chi connectivity index (χ1n) is 6.35. The lowest BCUT2D eigenvalue weighted by Gasteiger charge is -2.17. The fourth-order valence-corrected chi connectivity index (χ4v) is 1.63. The maximum Gasteiger partial charge on any atom is 0.308 e. The predicted molar refractivity (Wildman–Crippen MR) is 65.7 cm³/mol. The predicted octanol–water partition coefficient (Wildman–Crippen LogP) is 2.86. The molecule has 1 unspecified atom stereocenters. The van der Waals surface area contributed by atoms with E-state index < -0.39 is 5.97 Å². The number of carboxylic acid groups (broad SMARTS) is 1. The lowest BCUT2D eigenvalue weighted by Crippen LogP contribution is -2.21. The van der Waals surface area contributed by atoms with Crippen LogP contribution in [0.3, 0.4) is 0 Å². The van der Waals surface area contributed by atoms with Crippen LogP contribution in [0.2, 0.25) is 0 Å². The van der Waals surface area contributed by atoms with Gasteiger partial charge in [-0.2, -0.15) is 0 Å². The summed E-state index contributed by atoms with van der Waals surface area (Å²) in [4.78, 5) is 22.3. The summed E-state index contributed by atoms with van der Waals surface area (Å²) in [6, 6.07) is 0. The molecule has 0 saturated heterocycles. The van der Waals surface area contributed by atoms with Crippen molar-refractivity contribution in [3.8, 4) is 0 Å². The number of rotatable bonds is 9. The van der Waals surface area contributed by atoms with E-state index >= 15 is 0 Å². The van der Waals surface area contributed by atoms with Gasteiger partial charge in [-0.15, -0.1) is 0 Å². The molecule has 0 saturated carbocycles. The molecule has 1 N–H and O–H groups in total. The van der Waals surface area contributed by atoms with E-state index in [1.807, 2.05) is 20.8 Å². The molecule has 17 heavy (non-hydrogen) atoms. The average Bonchev–Trinajstić information content (AvgIpc) is 2.23. The van der Waals surface area contributed by atoms with Gasteiger partial charge in [0.2, 0.25) is 0 Å². The van der Waals surface area contributed by atoms with Crippen LogP contribution >= 0.6 is 0 Å². The summed E-state index contributed by atoms with van der Waals surface area (Å²) in [5.74, 6) is -1.01. The zero-order valence-electron chi connectivity index (χ0n) is 11.1. The summed E-state index contributed by atoms with van der Waals surface area (Å²) in [7, 11) is 0. The summed E-state index contributed by atoms with van der Waals surface area (Å²) in [6.07, 6.45) is 2.94. The first-order chi connectivity index (χ1) is 7.97. The highest BCUT2D eigenvalue weighted by atomic mass is 16.5. The number of aliphatic carboxylic acids is 1. The third kappa shape index (κ3) is 8.72. The summed E-state index contributed by atoms with van der Waals surface area (Å²) in [5, 5.41) is 8.64. The van der Waals surface area contributed by atoms with Gasteiger partial charge < -0.3 is 9.84 Å². The van der Waals surface area contributed by atoms with E-state index in [0.29, 0.717) is 25.4 Å². The van der Waals surface area contributed by atoms with Crippen molar-refractivity contribution in [2.75, 3.05) is 6.61 Å². The van der Waals surface area contributed by atoms with Crippen molar-refractivity contribution >= 4 is 11.9 Å². The van der Waals surface area contributed by atoms with Crippen LogP contribution in [0.15, 0.2) is 0 Å². The molecule has 0 aromatic heterocycles. The zero-order chi connectivity index (χ0) is 13.3. The van der Waals surface area contributed by atoms with Crippen molar-refractivity contribution in [1.82, 2.24) is 0 Å². The number of carboxylic acids is 1. The van der Waals surface area contributed by atoms with Gasteiger partial charge in [-0.3, -0.25) is 9.59 Å². The summed E-state index contributed by atoms with van der Waals surface area (Å²) < 4.78 is 5.15. The summed E-state index contributed by atoms with van der Waals surface area (Å²) in [6.45, 7) is 6.51. The largest absolute Gasteiger partial charge is 0.481 e. The van der Waals surface area contributed by atoms with Crippen LogP contribution in [0, 0.1) is 11.8 Å². The van der Waals surface area contributed by atoms with E-state index in [9.17, 15) is 9.59 Å². The molecule has 0 aliphatic rings. The van der Waals surface area contributed by atoms with E-state index in [4.69, 9.17) is 9.84 Å². The molecule has 1 atom stereocenters. The molecule has 0 heterocycles. The molecular weight excluding hydrogens is 220 g/mol. The van der Waals surface area contributed by atoms with Crippen LogP contribution in [0.5, 0.6) is 0 Å². The number of unbranched alkanes of at least 4 members (excludes halogenated alkanes) is 1. The number of carbonyl (C=O) groups excluding carboxylic acids is 1. The lowest BCUT2D eigenvalue weighted by molar-refractivity contribution is -0.150. The summed E-state index contributed by atoms with van der Waals surface area (Å²) in [5.41, 5.74) is 0. The Morgan fingerprint density at radius 3 is 2.41 bits per heavy atom. The lowest BCUT2D eigenvalue weighted by atomic mass is 9.93. The molecule has 4 nitrogen and oxygen atoms in total. The molecule has 0 aromatic rings. The molecule has 0 rings (SSSR count). The van der Waals surface area contributed by atoms with Gasteiger partial charge in [-0.05, 0) is 25.2 Å². The number of hydrogen-bond donors (Lipinski definition) is 1. The number of carbonyl (C=O) groups is 2. The average molecular weight is 244 g/mol. The first-order valence-corrected chi connectivity index (χ1v) is 6.35. The van der Waals surface area contributed by atoms with Gasteiger partial charge in [0.05, 0.1) is 12.5 Å². The molecule has 0 aliphatic carbocycles. The second-order valence-electron chi connectivity index (χ2n) is 4.78. The van der Waals surface area contributed by atoms with Crippen LogP contribution in [-0.4, -0.2) is 23.7 Å². The molecule has 100 valence electrons. The van der Waals surface area contributed by atoms with Crippen molar-refractivity contribution in [2.45, 2.75) is 52.9 Å². The Labute approximate surface area is 103 Å². The smallest absolute Gasteiger partial charge is 0.308 e. The van der Waals surface area contributed by atoms with E-state index in [1.165, 1.54) is 0 Å². The molecule has 0 radical (unpaired) electrons. The molecular formula is C13H24O4. The highest BCUT2D eigenvalue weighted by Gasteiger charge is 2.21. The number of hydrogen-bond acceptors (Lipinski definition) is 3. The zero-order valence-corrected chi connectivity index (χ0v) is 11.1. The van der Waals surface area contributed by atoms with Gasteiger partial charge in [-0.1, -0.05) is 27.2 Å². The van der Waals surface area contributed by atoms with Crippen LogP contribution < -0.4 is 0 Å². The molecule has 0 aliphatic heterocycles. The van der Waals surface area contributed by atoms with Gasteiger partial charge in [0.1, 0.15) is 0 Å². The highest BCUT2D eigenvalue weighted by Crippen LogP contribution is 2.19.